The van der Waals surface area contributed by atoms with Crippen molar-refractivity contribution in [1.29, 1.82) is 0 Å². The maximum Gasteiger partial charge on any atom is 0.306 e. The molecule has 6 N–H and O–H groups in total. The maximum atomic E-state index is 13.3. The molecule has 0 aliphatic carbocycles. The van der Waals surface area contributed by atoms with Crippen molar-refractivity contribution in [3.05, 3.63) is 122 Å². The van der Waals surface area contributed by atoms with Crippen molar-refractivity contribution < 1.29 is 49.3 Å². The van der Waals surface area contributed by atoms with Crippen LogP contribution in [0.2, 0.25) is 0 Å². The molecule has 0 aromatic carbocycles. The minimum Gasteiger partial charge on any atom is -0.454 e. The number of aliphatic hydroxyl groups is 5. The molecule has 75 heavy (non-hydrogen) atoms. The predicted molar refractivity (Wildman–Crippen MR) is 310 cm³/mol. The summed E-state index contributed by atoms with van der Waals surface area (Å²) in [6.45, 7) is 5.55. The Labute approximate surface area is 455 Å². The summed E-state index contributed by atoms with van der Waals surface area (Å²) < 4.78 is 17.5. The monoisotopic (exact) mass is 1050 g/mol. The van der Waals surface area contributed by atoms with Gasteiger partial charge in [-0.25, -0.2) is 0 Å². The number of amides is 1. The van der Waals surface area contributed by atoms with Crippen molar-refractivity contribution in [2.45, 2.75) is 256 Å². The number of ether oxygens (including phenoxy) is 3. The Kier molecular flexibility index (Phi) is 46.8. The highest BCUT2D eigenvalue weighted by atomic mass is 16.7. The number of aliphatic hydroxyl groups excluding tert-OH is 5. The third-order valence-corrected chi connectivity index (χ3v) is 12.9. The van der Waals surface area contributed by atoms with E-state index in [0.29, 0.717) is 12.8 Å². The Hall–Kier alpha value is -3.94. The van der Waals surface area contributed by atoms with Gasteiger partial charge in [0, 0.05) is 12.8 Å². The van der Waals surface area contributed by atoms with Crippen LogP contribution in [-0.2, 0) is 23.8 Å². The molecule has 1 fully saturated rings. The lowest BCUT2D eigenvalue weighted by molar-refractivity contribution is -0.305. The highest BCUT2D eigenvalue weighted by Gasteiger charge is 2.47. The van der Waals surface area contributed by atoms with E-state index < -0.39 is 67.4 Å². The number of allylic oxidation sites excluding steroid dienone is 18. The van der Waals surface area contributed by atoms with E-state index in [9.17, 15) is 35.1 Å². The maximum absolute atomic E-state index is 13.3. The van der Waals surface area contributed by atoms with Gasteiger partial charge in [0.05, 0.1) is 25.4 Å². The van der Waals surface area contributed by atoms with E-state index in [-0.39, 0.29) is 19.4 Å². The van der Waals surface area contributed by atoms with E-state index >= 15 is 0 Å². The average Bonchev–Trinajstić information content (AvgIpc) is 3.41. The fourth-order valence-electron chi connectivity index (χ4n) is 8.20. The zero-order chi connectivity index (χ0) is 54.7. The number of unbranched alkanes of at least 4 members (excludes halogenated alkanes) is 16. The molecule has 8 atom stereocenters. The smallest absolute Gasteiger partial charge is 0.306 e. The third-order valence-electron chi connectivity index (χ3n) is 12.9. The van der Waals surface area contributed by atoms with Crippen molar-refractivity contribution >= 4 is 11.9 Å². The summed E-state index contributed by atoms with van der Waals surface area (Å²) in [5.41, 5.74) is 0. The molecule has 0 aromatic heterocycles. The van der Waals surface area contributed by atoms with Crippen LogP contribution in [0.4, 0.5) is 0 Å². The molecule has 11 nitrogen and oxygen atoms in total. The molecule has 1 amide bonds. The van der Waals surface area contributed by atoms with Crippen LogP contribution >= 0.6 is 0 Å². The first-order valence-corrected chi connectivity index (χ1v) is 29.3. The Morgan fingerprint density at radius 1 is 0.533 bits per heavy atom. The van der Waals surface area contributed by atoms with Crippen molar-refractivity contribution in [2.24, 2.45) is 0 Å². The normalized spacial score (nSPS) is 20.1. The Balaban J connectivity index is 2.78. The second-order valence-corrected chi connectivity index (χ2v) is 19.6. The number of hydrogen-bond donors (Lipinski definition) is 6. The van der Waals surface area contributed by atoms with Gasteiger partial charge in [0.25, 0.3) is 0 Å². The number of nitrogens with one attached hydrogen (secondary N) is 1. The van der Waals surface area contributed by atoms with Crippen molar-refractivity contribution in [1.82, 2.24) is 5.32 Å². The summed E-state index contributed by atoms with van der Waals surface area (Å²) in [7, 11) is 0. The molecular weight excluding hydrogens is 943 g/mol. The number of esters is 1. The van der Waals surface area contributed by atoms with Crippen molar-refractivity contribution in [2.75, 3.05) is 13.2 Å². The van der Waals surface area contributed by atoms with Gasteiger partial charge in [-0.1, -0.05) is 219 Å². The molecule has 0 radical (unpaired) electrons. The zero-order valence-electron chi connectivity index (χ0n) is 46.9. The van der Waals surface area contributed by atoms with Crippen molar-refractivity contribution in [3.8, 4) is 0 Å². The summed E-state index contributed by atoms with van der Waals surface area (Å²) in [6, 6.07) is -1.08. The van der Waals surface area contributed by atoms with Gasteiger partial charge in [-0.15, -0.1) is 0 Å². The lowest BCUT2D eigenvalue weighted by Gasteiger charge is -2.41. The van der Waals surface area contributed by atoms with E-state index in [4.69, 9.17) is 14.2 Å². The second-order valence-electron chi connectivity index (χ2n) is 19.6. The van der Waals surface area contributed by atoms with Crippen LogP contribution in [0, 0.1) is 0 Å². The van der Waals surface area contributed by atoms with Crippen LogP contribution in [-0.4, -0.2) is 99.6 Å². The molecule has 1 saturated heterocycles. The summed E-state index contributed by atoms with van der Waals surface area (Å²) in [4.78, 5) is 26.4. The van der Waals surface area contributed by atoms with Crippen LogP contribution in [0.25, 0.3) is 0 Å². The number of carbonyl (C=O) groups is 2. The largest absolute Gasteiger partial charge is 0.454 e. The zero-order valence-corrected chi connectivity index (χ0v) is 46.9. The quantitative estimate of drug-likeness (QED) is 0.0195. The topological polar surface area (TPSA) is 175 Å². The number of rotatable bonds is 47. The van der Waals surface area contributed by atoms with Gasteiger partial charge < -0.3 is 45.1 Å². The van der Waals surface area contributed by atoms with Crippen LogP contribution in [0.15, 0.2) is 122 Å². The SMILES string of the molecule is CC/C=C\C/C=C\C/C=C\C/C=C\C/C=C\C/C=C\CC(O)C(=O)NC(COC1OC(CO)C(O)C(O)C1OC(=O)CCCCCC/C=C\C/C=C\C/C=C\CCCCC)C(O)/C=C/CCCCCCCCCCC. The molecule has 0 saturated carbocycles. The number of hydrogen-bond acceptors (Lipinski definition) is 10. The lowest BCUT2D eigenvalue weighted by atomic mass is 9.99. The standard InChI is InChI=1S/C64H105NO10/c1-4-7-10-13-16-19-22-24-26-28-30-31-33-36-39-42-45-48-51-57(68)63(72)65-55(56(67)50-47-44-41-38-35-21-18-15-12-9-6-3)54-73-64-62(61(71)60(70)58(53-66)74-64)75-59(69)52-49-46-43-40-37-34-32-29-27-25-23-20-17-14-11-8-5-2/h7,10,16-17,19-20,24-27,30-32,34,36,39,45,47-48,50,55-58,60-62,64,66-68,70-71H,4-6,8-9,11-15,18,21-23,28-29,33,35,37-38,40-44,46,49,51-54H2,1-3H3,(H,65,72)/b10-7-,19-16-,20-17-,26-24-,27-25-,31-30-,34-32-,39-36-,48-45-,50-47+. The predicted octanol–water partition coefficient (Wildman–Crippen LogP) is 13.5. The van der Waals surface area contributed by atoms with Gasteiger partial charge >= 0.3 is 5.97 Å². The fraction of sp³-hybridized carbons (Fsp3) is 0.656. The van der Waals surface area contributed by atoms with Crippen LogP contribution in [0.3, 0.4) is 0 Å². The van der Waals surface area contributed by atoms with Crippen molar-refractivity contribution in [3.63, 3.8) is 0 Å². The van der Waals surface area contributed by atoms with E-state index in [1.807, 2.05) is 18.2 Å². The molecule has 1 aliphatic heterocycles. The molecule has 426 valence electrons. The molecule has 0 spiro atoms. The Morgan fingerprint density at radius 2 is 0.960 bits per heavy atom. The third kappa shape index (κ3) is 39.1. The van der Waals surface area contributed by atoms with Crippen LogP contribution in [0.5, 0.6) is 0 Å². The summed E-state index contributed by atoms with van der Waals surface area (Å²) in [6.07, 6.45) is 59.7. The van der Waals surface area contributed by atoms with Crippen LogP contribution in [0.1, 0.15) is 207 Å². The molecule has 1 aliphatic rings. The van der Waals surface area contributed by atoms with Crippen LogP contribution < -0.4 is 5.32 Å². The van der Waals surface area contributed by atoms with E-state index in [1.54, 1.807) is 12.2 Å². The highest BCUT2D eigenvalue weighted by Crippen LogP contribution is 2.26. The van der Waals surface area contributed by atoms with E-state index in [2.05, 4.69) is 117 Å². The number of carbonyl (C=O) groups excluding carboxylic acids is 2. The first kappa shape index (κ1) is 69.1. The van der Waals surface area contributed by atoms with Gasteiger partial charge in [0.2, 0.25) is 5.91 Å². The molecule has 0 aromatic rings. The second kappa shape index (κ2) is 50.9. The first-order valence-electron chi connectivity index (χ1n) is 29.3. The van der Waals surface area contributed by atoms with Gasteiger partial charge in [-0.3, -0.25) is 9.59 Å². The summed E-state index contributed by atoms with van der Waals surface area (Å²) >= 11 is 0. The Morgan fingerprint density at radius 3 is 1.47 bits per heavy atom. The molecule has 1 rings (SSSR count). The molecule has 1 heterocycles. The van der Waals surface area contributed by atoms with Gasteiger partial charge in [0.15, 0.2) is 12.4 Å². The average molecular weight is 1050 g/mol. The lowest BCUT2D eigenvalue weighted by Crippen LogP contribution is -2.61. The van der Waals surface area contributed by atoms with Gasteiger partial charge in [0.1, 0.15) is 24.4 Å². The van der Waals surface area contributed by atoms with Gasteiger partial charge in [-0.2, -0.15) is 0 Å². The first-order chi connectivity index (χ1) is 36.7. The minimum absolute atomic E-state index is 0.0489. The Bertz CT molecular complexity index is 1680. The highest BCUT2D eigenvalue weighted by molar-refractivity contribution is 5.81. The minimum atomic E-state index is -1.64. The van der Waals surface area contributed by atoms with Gasteiger partial charge in [-0.05, 0) is 96.3 Å². The summed E-state index contributed by atoms with van der Waals surface area (Å²) in [5.74, 6) is -1.32. The fourth-order valence-corrected chi connectivity index (χ4v) is 8.20. The molecule has 0 bridgehead atoms. The molecule has 11 heteroatoms. The summed E-state index contributed by atoms with van der Waals surface area (Å²) in [5, 5.41) is 56.7. The van der Waals surface area contributed by atoms with E-state index in [0.717, 1.165) is 103 Å². The molecule has 8 unspecified atom stereocenters. The van der Waals surface area contributed by atoms with E-state index in [1.165, 1.54) is 57.8 Å². The molecular formula is C64H105NO10.